The summed E-state index contributed by atoms with van der Waals surface area (Å²) in [5.41, 5.74) is -0.368. The highest BCUT2D eigenvalue weighted by Crippen LogP contribution is 2.34. The third kappa shape index (κ3) is 3.43. The molecule has 0 spiro atoms. The Kier molecular flexibility index (Phi) is 5.09. The maximum Gasteiger partial charge on any atom is 0.263 e. The van der Waals surface area contributed by atoms with Crippen LogP contribution in [0.4, 0.5) is 13.2 Å². The molecule has 0 unspecified atom stereocenters. The van der Waals surface area contributed by atoms with Crippen molar-refractivity contribution in [1.29, 1.82) is 5.41 Å². The monoisotopic (exact) mass is 440 g/mol. The van der Waals surface area contributed by atoms with Crippen molar-refractivity contribution >= 4 is 16.7 Å². The van der Waals surface area contributed by atoms with Crippen LogP contribution >= 0.6 is 0 Å². The van der Waals surface area contributed by atoms with Crippen LogP contribution in [0.15, 0.2) is 59.5 Å². The fourth-order valence-electron chi connectivity index (χ4n) is 3.48. The highest BCUT2D eigenvalue weighted by molar-refractivity contribution is 6.09. The number of aromatic hydroxyl groups is 2. The maximum atomic E-state index is 14.0. The number of ether oxygens (including phenoxy) is 1. The number of rotatable bonds is 3. The zero-order valence-corrected chi connectivity index (χ0v) is 16.5. The van der Waals surface area contributed by atoms with Gasteiger partial charge in [0.1, 0.15) is 11.5 Å². The van der Waals surface area contributed by atoms with E-state index in [1.165, 1.54) is 43.6 Å². The number of pyridine rings is 1. The Morgan fingerprint density at radius 1 is 0.969 bits per heavy atom. The average Bonchev–Trinajstić information content (AvgIpc) is 2.77. The first-order chi connectivity index (χ1) is 15.2. The topological polar surface area (TPSA) is 95.5 Å². The summed E-state index contributed by atoms with van der Waals surface area (Å²) in [5.74, 6) is -5.29. The Morgan fingerprint density at radius 3 is 2.19 bits per heavy atom. The zero-order chi connectivity index (χ0) is 23.2. The normalized spacial score (nSPS) is 11.0. The van der Waals surface area contributed by atoms with Crippen molar-refractivity contribution in [3.05, 3.63) is 88.1 Å². The van der Waals surface area contributed by atoms with E-state index in [4.69, 9.17) is 10.1 Å². The molecule has 0 atom stereocenters. The van der Waals surface area contributed by atoms with Gasteiger partial charge in [-0.25, -0.2) is 13.2 Å². The van der Waals surface area contributed by atoms with Gasteiger partial charge in [-0.1, -0.05) is 0 Å². The van der Waals surface area contributed by atoms with Crippen molar-refractivity contribution < 1.29 is 28.1 Å². The Labute approximate surface area is 178 Å². The molecule has 4 aromatic rings. The van der Waals surface area contributed by atoms with E-state index in [1.54, 1.807) is 0 Å². The van der Waals surface area contributed by atoms with Crippen molar-refractivity contribution in [3.63, 3.8) is 0 Å². The highest BCUT2D eigenvalue weighted by atomic mass is 19.2. The quantitative estimate of drug-likeness (QED) is 0.249. The zero-order valence-electron chi connectivity index (χ0n) is 16.5. The fraction of sp³-hybridized carbons (Fsp3) is 0.0435. The average molecular weight is 440 g/mol. The number of nitrogens with one attached hydrogen (secondary N) is 1. The van der Waals surface area contributed by atoms with E-state index in [1.807, 2.05) is 0 Å². The van der Waals surface area contributed by atoms with Gasteiger partial charge < -0.3 is 14.9 Å². The van der Waals surface area contributed by atoms with Gasteiger partial charge in [-0.15, -0.1) is 0 Å². The summed E-state index contributed by atoms with van der Waals surface area (Å²) in [4.78, 5) is 13.4. The highest BCUT2D eigenvalue weighted by Gasteiger charge is 2.21. The Bertz CT molecular complexity index is 1420. The minimum Gasteiger partial charge on any atom is -0.508 e. The molecule has 0 aliphatic carbocycles. The van der Waals surface area contributed by atoms with Gasteiger partial charge in [-0.2, -0.15) is 0 Å². The summed E-state index contributed by atoms with van der Waals surface area (Å²) in [5, 5.41) is 27.8. The van der Waals surface area contributed by atoms with Crippen LogP contribution < -0.4 is 5.56 Å². The van der Waals surface area contributed by atoms with Crippen LogP contribution in [0.2, 0.25) is 0 Å². The Morgan fingerprint density at radius 2 is 1.59 bits per heavy atom. The number of aromatic nitrogens is 1. The van der Waals surface area contributed by atoms with E-state index in [0.29, 0.717) is 5.69 Å². The third-order valence-electron chi connectivity index (χ3n) is 4.98. The number of nitrogens with zero attached hydrogens (tertiary/aromatic N) is 1. The molecule has 0 saturated carbocycles. The van der Waals surface area contributed by atoms with Gasteiger partial charge >= 0.3 is 0 Å². The van der Waals surface area contributed by atoms with Gasteiger partial charge in [0.15, 0.2) is 17.5 Å². The summed E-state index contributed by atoms with van der Waals surface area (Å²) in [6, 6.07) is 9.48. The molecule has 1 aromatic heterocycles. The SMILES string of the molecule is COC(=N)c1cc(O)cc2c(-c3cc(F)c(F)c(F)c3)cn(-c3ccc(O)cc3)c(=O)c12. The summed E-state index contributed by atoms with van der Waals surface area (Å²) in [6.45, 7) is 0. The first-order valence-corrected chi connectivity index (χ1v) is 9.21. The first kappa shape index (κ1) is 21.0. The molecule has 3 aromatic carbocycles. The van der Waals surface area contributed by atoms with Crippen molar-refractivity contribution in [2.75, 3.05) is 7.11 Å². The van der Waals surface area contributed by atoms with Crippen LogP contribution in [0.1, 0.15) is 5.56 Å². The van der Waals surface area contributed by atoms with E-state index < -0.39 is 28.9 Å². The van der Waals surface area contributed by atoms with Crippen LogP contribution in [-0.4, -0.2) is 27.8 Å². The van der Waals surface area contributed by atoms with Crippen molar-refractivity contribution in [1.82, 2.24) is 4.57 Å². The number of hydrogen-bond acceptors (Lipinski definition) is 5. The minimum atomic E-state index is -1.64. The molecule has 4 rings (SSSR count). The van der Waals surface area contributed by atoms with Crippen molar-refractivity contribution in [3.8, 4) is 28.3 Å². The van der Waals surface area contributed by atoms with Gasteiger partial charge in [-0.05, 0) is 54.1 Å². The largest absolute Gasteiger partial charge is 0.508 e. The molecular weight excluding hydrogens is 425 g/mol. The number of hydrogen-bond donors (Lipinski definition) is 3. The molecule has 0 aliphatic rings. The molecule has 0 radical (unpaired) electrons. The van der Waals surface area contributed by atoms with Gasteiger partial charge in [0, 0.05) is 22.8 Å². The molecule has 0 aliphatic heterocycles. The minimum absolute atomic E-state index is 0.0442. The lowest BCUT2D eigenvalue weighted by atomic mass is 9.96. The molecular formula is C23H15F3N2O4. The predicted molar refractivity (Wildman–Crippen MR) is 112 cm³/mol. The Hall–Kier alpha value is -4.27. The number of phenolic OH excluding ortho intramolecular Hbond substituents is 2. The standard InChI is InChI=1S/C23H15F3N2O4/c1-32-22(27)16-9-14(30)8-15-17(11-6-18(24)21(26)19(25)7-11)10-28(23(31)20(15)16)12-2-4-13(29)5-3-12/h2-10,27,29-30H,1H3. The number of methoxy groups -OCH3 is 1. The number of halogens is 3. The van der Waals surface area contributed by atoms with Crippen LogP contribution in [0, 0.1) is 22.9 Å². The molecule has 9 heteroatoms. The summed E-state index contributed by atoms with van der Waals surface area (Å²) < 4.78 is 47.6. The molecule has 0 saturated heterocycles. The molecule has 32 heavy (non-hydrogen) atoms. The summed E-state index contributed by atoms with van der Waals surface area (Å²) in [6.07, 6.45) is 1.28. The first-order valence-electron chi connectivity index (χ1n) is 9.21. The molecule has 6 nitrogen and oxygen atoms in total. The van der Waals surface area contributed by atoms with E-state index in [2.05, 4.69) is 0 Å². The molecule has 0 bridgehead atoms. The van der Waals surface area contributed by atoms with E-state index >= 15 is 0 Å². The predicted octanol–water partition coefficient (Wildman–Crippen LogP) is 4.46. The lowest BCUT2D eigenvalue weighted by molar-refractivity contribution is 0.401. The lowest BCUT2D eigenvalue weighted by Crippen LogP contribution is -2.21. The van der Waals surface area contributed by atoms with Crippen LogP contribution in [-0.2, 0) is 4.74 Å². The van der Waals surface area contributed by atoms with Gasteiger partial charge in [0.05, 0.1) is 18.1 Å². The number of fused-ring (bicyclic) bond motifs is 1. The molecule has 3 N–H and O–H groups in total. The summed E-state index contributed by atoms with van der Waals surface area (Å²) >= 11 is 0. The second-order valence-corrected chi connectivity index (χ2v) is 6.94. The Balaban J connectivity index is 2.19. The van der Waals surface area contributed by atoms with E-state index in [9.17, 15) is 28.2 Å². The third-order valence-corrected chi connectivity index (χ3v) is 4.98. The molecule has 162 valence electrons. The van der Waals surface area contributed by atoms with Crippen LogP contribution in [0.5, 0.6) is 11.5 Å². The van der Waals surface area contributed by atoms with Crippen LogP contribution in [0.25, 0.3) is 27.6 Å². The smallest absolute Gasteiger partial charge is 0.263 e. The van der Waals surface area contributed by atoms with Gasteiger partial charge in [0.25, 0.3) is 5.56 Å². The van der Waals surface area contributed by atoms with E-state index in [-0.39, 0.29) is 39.0 Å². The van der Waals surface area contributed by atoms with Crippen molar-refractivity contribution in [2.24, 2.45) is 0 Å². The molecule has 0 amide bonds. The van der Waals surface area contributed by atoms with E-state index in [0.717, 1.165) is 22.8 Å². The van der Waals surface area contributed by atoms with Crippen molar-refractivity contribution in [2.45, 2.75) is 0 Å². The number of phenols is 2. The number of benzene rings is 3. The molecule has 1 heterocycles. The second kappa shape index (κ2) is 7.77. The van der Waals surface area contributed by atoms with Crippen LogP contribution in [0.3, 0.4) is 0 Å². The molecule has 0 fully saturated rings. The van der Waals surface area contributed by atoms with Gasteiger partial charge in [0.2, 0.25) is 5.90 Å². The summed E-state index contributed by atoms with van der Waals surface area (Å²) in [7, 11) is 1.21. The fourth-order valence-corrected chi connectivity index (χ4v) is 3.48. The van der Waals surface area contributed by atoms with Gasteiger partial charge in [-0.3, -0.25) is 14.8 Å². The maximum absolute atomic E-state index is 14.0. The second-order valence-electron chi connectivity index (χ2n) is 6.94. The lowest BCUT2D eigenvalue weighted by Gasteiger charge is -2.16.